The van der Waals surface area contributed by atoms with E-state index in [0.29, 0.717) is 16.6 Å². The van der Waals surface area contributed by atoms with E-state index in [2.05, 4.69) is 128 Å². The largest absolute Gasteiger partial charge is 0.358 e. The summed E-state index contributed by atoms with van der Waals surface area (Å²) >= 11 is 4.49. The van der Waals surface area contributed by atoms with Crippen LogP contribution in [0.15, 0.2) is 37.2 Å². The van der Waals surface area contributed by atoms with Gasteiger partial charge in [0, 0.05) is 6.20 Å². The van der Waals surface area contributed by atoms with Crippen LogP contribution < -0.4 is 0 Å². The van der Waals surface area contributed by atoms with E-state index in [-0.39, 0.29) is 0 Å². The SMILES string of the molecule is CC(C)[Si](C(C)C)(C(C)C)n1ccc2c(I)ncnc21.Ic1ncnc2[nH]ccc12. The van der Waals surface area contributed by atoms with Gasteiger partial charge in [0.1, 0.15) is 31.4 Å². The van der Waals surface area contributed by atoms with Crippen LogP contribution in [-0.4, -0.2) is 37.4 Å². The van der Waals surface area contributed by atoms with Crippen molar-refractivity contribution in [3.05, 3.63) is 44.6 Å². The summed E-state index contributed by atoms with van der Waals surface area (Å²) in [5.74, 6) is 0. The van der Waals surface area contributed by atoms with Crippen LogP contribution in [0.4, 0.5) is 0 Å². The number of aromatic amines is 1. The Kier molecular flexibility index (Phi) is 7.54. The summed E-state index contributed by atoms with van der Waals surface area (Å²) in [5.41, 5.74) is 4.04. The highest BCUT2D eigenvalue weighted by atomic mass is 127. The van der Waals surface area contributed by atoms with E-state index in [1.54, 1.807) is 12.7 Å². The number of fused-ring (bicyclic) bond motifs is 2. The molecule has 0 spiro atoms. The van der Waals surface area contributed by atoms with Crippen LogP contribution >= 0.6 is 45.2 Å². The molecule has 0 saturated carbocycles. The Labute approximate surface area is 206 Å². The molecule has 9 heteroatoms. The number of rotatable bonds is 4. The number of aromatic nitrogens is 6. The van der Waals surface area contributed by atoms with Crippen LogP contribution in [0.3, 0.4) is 0 Å². The molecule has 0 bridgehead atoms. The van der Waals surface area contributed by atoms with E-state index in [1.165, 1.54) is 5.39 Å². The van der Waals surface area contributed by atoms with E-state index in [0.717, 1.165) is 24.1 Å². The smallest absolute Gasteiger partial charge is 0.171 e. The zero-order valence-electron chi connectivity index (χ0n) is 18.2. The maximum absolute atomic E-state index is 4.60. The minimum Gasteiger partial charge on any atom is -0.358 e. The molecule has 0 amide bonds. The van der Waals surface area contributed by atoms with E-state index < -0.39 is 8.24 Å². The lowest BCUT2D eigenvalue weighted by Crippen LogP contribution is -2.51. The Hall–Kier alpha value is -1.08. The fourth-order valence-electron chi connectivity index (χ4n) is 4.91. The number of H-pyrrole nitrogens is 1. The van der Waals surface area contributed by atoms with Gasteiger partial charge in [-0.1, -0.05) is 41.5 Å². The first kappa shape index (κ1) is 23.6. The first-order valence-corrected chi connectivity index (χ1v) is 14.5. The Morgan fingerprint density at radius 1 is 0.800 bits per heavy atom. The molecule has 4 heterocycles. The zero-order chi connectivity index (χ0) is 22.1. The average molecular weight is 646 g/mol. The highest BCUT2D eigenvalue weighted by molar-refractivity contribution is 14.1. The van der Waals surface area contributed by atoms with Gasteiger partial charge < -0.3 is 9.22 Å². The summed E-state index contributed by atoms with van der Waals surface area (Å²) in [6.45, 7) is 14.3. The normalized spacial score (nSPS) is 12.2. The molecular formula is C21H28I2N6Si. The van der Waals surface area contributed by atoms with Crippen LogP contribution in [0.25, 0.3) is 22.1 Å². The van der Waals surface area contributed by atoms with Gasteiger partial charge in [-0.15, -0.1) is 0 Å². The first-order valence-electron chi connectivity index (χ1n) is 10.1. The van der Waals surface area contributed by atoms with Gasteiger partial charge >= 0.3 is 0 Å². The molecule has 4 aromatic heterocycles. The van der Waals surface area contributed by atoms with Gasteiger partial charge in [-0.25, -0.2) is 19.9 Å². The Morgan fingerprint density at radius 2 is 1.37 bits per heavy atom. The van der Waals surface area contributed by atoms with Crippen molar-refractivity contribution in [3.8, 4) is 0 Å². The van der Waals surface area contributed by atoms with Crippen molar-refractivity contribution >= 4 is 75.5 Å². The number of hydrogen-bond donors (Lipinski definition) is 1. The summed E-state index contributed by atoms with van der Waals surface area (Å²) in [6.07, 6.45) is 7.37. The predicted octanol–water partition coefficient (Wildman–Crippen LogP) is 6.62. The summed E-state index contributed by atoms with van der Waals surface area (Å²) in [4.78, 5) is 20.0. The number of nitrogens with one attached hydrogen (secondary N) is 1. The first-order chi connectivity index (χ1) is 14.2. The van der Waals surface area contributed by atoms with Crippen molar-refractivity contribution in [3.63, 3.8) is 0 Å². The van der Waals surface area contributed by atoms with Crippen LogP contribution in [0.5, 0.6) is 0 Å². The minimum atomic E-state index is -1.72. The second-order valence-corrected chi connectivity index (χ2v) is 16.1. The van der Waals surface area contributed by atoms with Gasteiger partial charge in [-0.2, -0.15) is 0 Å². The molecular weight excluding hydrogens is 618 g/mol. The van der Waals surface area contributed by atoms with Crippen molar-refractivity contribution in [2.75, 3.05) is 0 Å². The highest BCUT2D eigenvalue weighted by Crippen LogP contribution is 2.44. The van der Waals surface area contributed by atoms with Crippen LogP contribution in [0.1, 0.15) is 41.5 Å². The van der Waals surface area contributed by atoms with Gasteiger partial charge in [0.25, 0.3) is 0 Å². The van der Waals surface area contributed by atoms with Gasteiger partial charge in [-0.05, 0) is 80.1 Å². The molecule has 4 rings (SSSR count). The Morgan fingerprint density at radius 3 is 1.93 bits per heavy atom. The lowest BCUT2D eigenvalue weighted by Gasteiger charge is -2.44. The fraction of sp³-hybridized carbons (Fsp3) is 0.429. The maximum atomic E-state index is 4.60. The molecule has 0 saturated heterocycles. The number of hydrogen-bond acceptors (Lipinski definition) is 4. The second-order valence-electron chi connectivity index (χ2n) is 8.34. The monoisotopic (exact) mass is 646 g/mol. The van der Waals surface area contributed by atoms with Gasteiger partial charge in [0.05, 0.1) is 10.8 Å². The van der Waals surface area contributed by atoms with Crippen LogP contribution in [0, 0.1) is 7.40 Å². The molecule has 0 aliphatic heterocycles. The predicted molar refractivity (Wildman–Crippen MR) is 143 cm³/mol. The van der Waals surface area contributed by atoms with Gasteiger partial charge in [0.15, 0.2) is 8.24 Å². The Balaban J connectivity index is 0.000000212. The lowest BCUT2D eigenvalue weighted by atomic mass is 10.4. The lowest BCUT2D eigenvalue weighted by molar-refractivity contribution is 0.770. The average Bonchev–Trinajstić information content (AvgIpc) is 3.31. The molecule has 0 fully saturated rings. The summed E-state index contributed by atoms with van der Waals surface area (Å²) in [7, 11) is -1.72. The van der Waals surface area contributed by atoms with E-state index >= 15 is 0 Å². The van der Waals surface area contributed by atoms with Gasteiger partial charge in [0.2, 0.25) is 0 Å². The van der Waals surface area contributed by atoms with Crippen molar-refractivity contribution in [2.45, 2.75) is 58.2 Å². The third-order valence-corrected chi connectivity index (χ3v) is 14.4. The molecule has 0 radical (unpaired) electrons. The van der Waals surface area contributed by atoms with Crippen LogP contribution in [0.2, 0.25) is 16.6 Å². The molecule has 0 aliphatic rings. The minimum absolute atomic E-state index is 0.672. The van der Waals surface area contributed by atoms with E-state index in [1.807, 2.05) is 12.3 Å². The molecule has 6 nitrogen and oxygen atoms in total. The number of nitrogens with zero attached hydrogens (tertiary/aromatic N) is 5. The molecule has 30 heavy (non-hydrogen) atoms. The molecule has 1 N–H and O–H groups in total. The maximum Gasteiger partial charge on any atom is 0.171 e. The van der Waals surface area contributed by atoms with Crippen molar-refractivity contribution in [1.82, 2.24) is 29.2 Å². The van der Waals surface area contributed by atoms with Crippen molar-refractivity contribution in [2.24, 2.45) is 0 Å². The quantitative estimate of drug-likeness (QED) is 0.154. The Bertz CT molecular complexity index is 1110. The second kappa shape index (κ2) is 9.59. The number of halogens is 2. The fourth-order valence-corrected chi connectivity index (χ4v) is 12.6. The van der Waals surface area contributed by atoms with Gasteiger partial charge in [-0.3, -0.25) is 0 Å². The van der Waals surface area contributed by atoms with E-state index in [4.69, 9.17) is 0 Å². The summed E-state index contributed by atoms with van der Waals surface area (Å²) in [6, 6.07) is 4.16. The molecule has 0 aliphatic carbocycles. The van der Waals surface area contributed by atoms with Crippen molar-refractivity contribution in [1.29, 1.82) is 0 Å². The highest BCUT2D eigenvalue weighted by Gasteiger charge is 2.46. The molecule has 4 aromatic rings. The van der Waals surface area contributed by atoms with Crippen molar-refractivity contribution < 1.29 is 0 Å². The summed E-state index contributed by atoms with van der Waals surface area (Å²) in [5, 5.41) is 2.27. The topological polar surface area (TPSA) is 72.3 Å². The molecule has 0 unspecified atom stereocenters. The molecule has 0 aromatic carbocycles. The third kappa shape index (κ3) is 4.16. The summed E-state index contributed by atoms with van der Waals surface area (Å²) < 4.78 is 4.57. The standard InChI is InChI=1S/C15H24IN3Si.C6H4IN3/c1-10(2)20(11(3)4,12(5)6)19-8-7-13-14(16)17-9-18-15(13)19;7-5-4-1-2-8-6(4)10-3-9-5/h7-12H,1-6H3;1-3H,(H,8,9,10). The van der Waals surface area contributed by atoms with E-state index in [9.17, 15) is 0 Å². The van der Waals surface area contributed by atoms with Crippen LogP contribution in [-0.2, 0) is 0 Å². The zero-order valence-corrected chi connectivity index (χ0v) is 23.5. The third-order valence-electron chi connectivity index (χ3n) is 5.93. The molecule has 0 atom stereocenters. The molecule has 160 valence electrons.